The third-order valence-electron chi connectivity index (χ3n) is 1.40. The minimum Gasteiger partial charge on any atom is -0.385 e. The summed E-state index contributed by atoms with van der Waals surface area (Å²) in [5.74, 6) is 0.924. The summed E-state index contributed by atoms with van der Waals surface area (Å²) in [6.45, 7) is 1.95. The average Bonchev–Trinajstić information content (AvgIpc) is 2.09. The van der Waals surface area contributed by atoms with E-state index in [1.165, 1.54) is 6.08 Å². The number of nitrogens with zero attached hydrogens (tertiary/aromatic N) is 2. The summed E-state index contributed by atoms with van der Waals surface area (Å²) in [4.78, 5) is 4.06. The largest absolute Gasteiger partial charge is 0.385 e. The zero-order valence-corrected chi connectivity index (χ0v) is 7.28. The zero-order valence-electron chi connectivity index (χ0n) is 7.28. The highest BCUT2D eigenvalue weighted by molar-refractivity contribution is 5.41. The smallest absolute Gasteiger partial charge is 0.131 e. The number of hydrogen-bond acceptors (Lipinski definition) is 4. The molecule has 1 aromatic heterocycles. The highest BCUT2D eigenvalue weighted by Crippen LogP contribution is 2.04. The van der Waals surface area contributed by atoms with Crippen LogP contribution in [0.4, 0.5) is 5.82 Å². The summed E-state index contributed by atoms with van der Waals surface area (Å²) in [7, 11) is 0. The van der Waals surface area contributed by atoms with Crippen molar-refractivity contribution in [3.05, 3.63) is 35.8 Å². The van der Waals surface area contributed by atoms with Gasteiger partial charge in [-0.1, -0.05) is 6.07 Å². The van der Waals surface area contributed by atoms with Gasteiger partial charge in [0, 0.05) is 6.20 Å². The molecule has 0 unspecified atom stereocenters. The van der Waals surface area contributed by atoms with Crippen molar-refractivity contribution in [2.45, 2.75) is 6.92 Å². The third kappa shape index (κ3) is 2.83. The first-order chi connectivity index (χ1) is 6.22. The molecule has 0 atom stereocenters. The van der Waals surface area contributed by atoms with Gasteiger partial charge in [-0.05, 0) is 18.6 Å². The van der Waals surface area contributed by atoms with Gasteiger partial charge < -0.3 is 11.1 Å². The Bertz CT molecular complexity index is 345. The third-order valence-corrected chi connectivity index (χ3v) is 1.40. The predicted molar refractivity (Wildman–Crippen MR) is 50.5 cm³/mol. The second-order valence-electron chi connectivity index (χ2n) is 2.57. The molecule has 0 amide bonds. The van der Waals surface area contributed by atoms with Crippen LogP contribution in [-0.4, -0.2) is 4.98 Å². The summed E-state index contributed by atoms with van der Waals surface area (Å²) >= 11 is 0. The van der Waals surface area contributed by atoms with Gasteiger partial charge in [0.1, 0.15) is 11.6 Å². The van der Waals surface area contributed by atoms with Gasteiger partial charge in [0.25, 0.3) is 0 Å². The van der Waals surface area contributed by atoms with Gasteiger partial charge in [-0.25, -0.2) is 4.98 Å². The topological polar surface area (TPSA) is 74.7 Å². The summed E-state index contributed by atoms with van der Waals surface area (Å²) in [6.07, 6.45) is 2.95. The normalized spacial score (nSPS) is 10.6. The van der Waals surface area contributed by atoms with E-state index in [0.717, 1.165) is 5.56 Å². The average molecular weight is 174 g/mol. The summed E-state index contributed by atoms with van der Waals surface area (Å²) < 4.78 is 0. The minimum absolute atomic E-state index is 0.291. The fraction of sp³-hybridized carbons (Fsp3) is 0.111. The molecule has 1 rings (SSSR count). The lowest BCUT2D eigenvalue weighted by atomic mass is 10.3. The molecular weight excluding hydrogens is 164 g/mol. The maximum atomic E-state index is 8.29. The molecule has 4 heteroatoms. The van der Waals surface area contributed by atoms with Crippen LogP contribution in [0.5, 0.6) is 0 Å². The number of rotatable bonds is 2. The monoisotopic (exact) mass is 174 g/mol. The Hall–Kier alpha value is -2.02. The molecule has 0 aromatic carbocycles. The SMILES string of the molecule is Cc1ccc(N/C(N)=C/C#N)nc1. The van der Waals surface area contributed by atoms with E-state index in [4.69, 9.17) is 11.0 Å². The fourth-order valence-corrected chi connectivity index (χ4v) is 0.795. The van der Waals surface area contributed by atoms with Crippen molar-refractivity contribution in [1.82, 2.24) is 4.98 Å². The van der Waals surface area contributed by atoms with Crippen LogP contribution < -0.4 is 11.1 Å². The molecule has 0 spiro atoms. The maximum absolute atomic E-state index is 8.29. The van der Waals surface area contributed by atoms with Crippen molar-refractivity contribution in [1.29, 1.82) is 5.26 Å². The number of nitrogens with one attached hydrogen (secondary N) is 1. The standard InChI is InChI=1S/C9H10N4/c1-7-2-3-9(12-6-7)13-8(11)4-5-10/h2-4,6H,11H2,1H3,(H,12,13)/b8-4+. The number of aryl methyl sites for hydroxylation is 1. The van der Waals surface area contributed by atoms with Crippen LogP contribution in [0.2, 0.25) is 0 Å². The molecule has 66 valence electrons. The Labute approximate surface area is 76.7 Å². The number of nitrogens with two attached hydrogens (primary N) is 1. The van der Waals surface area contributed by atoms with E-state index in [0.29, 0.717) is 11.6 Å². The van der Waals surface area contributed by atoms with Crippen LogP contribution >= 0.6 is 0 Å². The lowest BCUT2D eigenvalue weighted by Gasteiger charge is -2.03. The van der Waals surface area contributed by atoms with Gasteiger partial charge in [-0.15, -0.1) is 0 Å². The molecule has 4 nitrogen and oxygen atoms in total. The highest BCUT2D eigenvalue weighted by atomic mass is 15.1. The van der Waals surface area contributed by atoms with Gasteiger partial charge in [0.05, 0.1) is 12.1 Å². The quantitative estimate of drug-likeness (QED) is 0.659. The molecule has 0 aliphatic heterocycles. The van der Waals surface area contributed by atoms with Crippen molar-refractivity contribution >= 4 is 5.82 Å². The van der Waals surface area contributed by atoms with Crippen molar-refractivity contribution < 1.29 is 0 Å². The van der Waals surface area contributed by atoms with E-state index < -0.39 is 0 Å². The molecule has 0 aliphatic carbocycles. The second-order valence-corrected chi connectivity index (χ2v) is 2.57. The molecule has 0 bridgehead atoms. The number of nitriles is 1. The molecule has 1 heterocycles. The first-order valence-electron chi connectivity index (χ1n) is 3.77. The van der Waals surface area contributed by atoms with E-state index in [-0.39, 0.29) is 0 Å². The Balaban J connectivity index is 2.71. The van der Waals surface area contributed by atoms with E-state index in [2.05, 4.69) is 10.3 Å². The summed E-state index contributed by atoms with van der Waals surface area (Å²) in [5.41, 5.74) is 6.52. The maximum Gasteiger partial charge on any atom is 0.131 e. The highest BCUT2D eigenvalue weighted by Gasteiger charge is 1.93. The molecule has 1 aromatic rings. The van der Waals surface area contributed by atoms with Gasteiger partial charge >= 0.3 is 0 Å². The van der Waals surface area contributed by atoms with Crippen molar-refractivity contribution in [3.63, 3.8) is 0 Å². The number of anilines is 1. The Morgan fingerprint density at radius 2 is 2.46 bits per heavy atom. The number of pyridine rings is 1. The van der Waals surface area contributed by atoms with E-state index in [1.807, 2.05) is 19.1 Å². The lowest BCUT2D eigenvalue weighted by Crippen LogP contribution is -2.09. The second kappa shape index (κ2) is 4.12. The molecule has 13 heavy (non-hydrogen) atoms. The summed E-state index contributed by atoms with van der Waals surface area (Å²) in [6, 6.07) is 5.53. The van der Waals surface area contributed by atoms with Crippen LogP contribution in [-0.2, 0) is 0 Å². The number of hydrogen-bond donors (Lipinski definition) is 2. The molecule has 3 N–H and O–H groups in total. The molecule has 0 aliphatic rings. The van der Waals surface area contributed by atoms with Gasteiger partial charge in [0.2, 0.25) is 0 Å². The van der Waals surface area contributed by atoms with Gasteiger partial charge in [-0.2, -0.15) is 5.26 Å². The number of aromatic nitrogens is 1. The fourth-order valence-electron chi connectivity index (χ4n) is 0.795. The van der Waals surface area contributed by atoms with E-state index >= 15 is 0 Å². The minimum atomic E-state index is 0.291. The van der Waals surface area contributed by atoms with Gasteiger partial charge in [0.15, 0.2) is 0 Å². The van der Waals surface area contributed by atoms with Crippen LogP contribution in [0.3, 0.4) is 0 Å². The van der Waals surface area contributed by atoms with Crippen LogP contribution in [0, 0.1) is 18.3 Å². The van der Waals surface area contributed by atoms with Crippen LogP contribution in [0.1, 0.15) is 5.56 Å². The first-order valence-corrected chi connectivity index (χ1v) is 3.77. The Morgan fingerprint density at radius 1 is 1.69 bits per heavy atom. The zero-order chi connectivity index (χ0) is 9.68. The molecule has 0 fully saturated rings. The molecular formula is C9H10N4. The van der Waals surface area contributed by atoms with Crippen molar-refractivity contribution in [3.8, 4) is 6.07 Å². The Kier molecular flexibility index (Phi) is 2.87. The van der Waals surface area contributed by atoms with Crippen molar-refractivity contribution in [2.24, 2.45) is 5.73 Å². The Morgan fingerprint density at radius 3 is 3.00 bits per heavy atom. The van der Waals surface area contributed by atoms with Crippen molar-refractivity contribution in [2.75, 3.05) is 5.32 Å². The number of allylic oxidation sites excluding steroid dienone is 1. The van der Waals surface area contributed by atoms with Crippen LogP contribution in [0.15, 0.2) is 30.2 Å². The van der Waals surface area contributed by atoms with Crippen LogP contribution in [0.25, 0.3) is 0 Å². The van der Waals surface area contributed by atoms with E-state index in [1.54, 1.807) is 12.3 Å². The predicted octanol–water partition coefficient (Wildman–Crippen LogP) is 1.13. The lowest BCUT2D eigenvalue weighted by molar-refractivity contribution is 1.21. The molecule has 0 radical (unpaired) electrons. The molecule has 0 saturated heterocycles. The van der Waals surface area contributed by atoms with E-state index in [9.17, 15) is 0 Å². The van der Waals surface area contributed by atoms with Gasteiger partial charge in [-0.3, -0.25) is 0 Å². The summed E-state index contributed by atoms with van der Waals surface area (Å²) in [5, 5.41) is 11.1. The first kappa shape index (κ1) is 9.07. The molecule has 0 saturated carbocycles.